The van der Waals surface area contributed by atoms with Crippen molar-refractivity contribution in [3.63, 3.8) is 0 Å². The molecule has 0 aliphatic heterocycles. The van der Waals surface area contributed by atoms with Crippen LogP contribution in [0.4, 0.5) is 0 Å². The van der Waals surface area contributed by atoms with Crippen molar-refractivity contribution >= 4 is 0 Å². The minimum Gasteiger partial charge on any atom is -0.388 e. The summed E-state index contributed by atoms with van der Waals surface area (Å²) in [5.41, 5.74) is 0. The van der Waals surface area contributed by atoms with Crippen molar-refractivity contribution < 1.29 is 20.4 Å². The molecule has 0 amide bonds. The molecule has 80 valence electrons. The van der Waals surface area contributed by atoms with Gasteiger partial charge in [-0.2, -0.15) is 9.81 Å². The van der Waals surface area contributed by atoms with Gasteiger partial charge < -0.3 is 20.4 Å². The molecule has 8 heteroatoms. The Morgan fingerprint density at radius 2 is 1.00 bits per heavy atom. The Bertz CT molecular complexity index is 214. The first-order valence-corrected chi connectivity index (χ1v) is 3.91. The molecule has 1 aliphatic carbocycles. The molecular formula is C6H10N2O6. The standard InChI is InChI=1S/C6H10N2O6/c9-3-1(7-13)4(10)6(12)5(11)2(3)8-14/h1-6,9-12H. The monoisotopic (exact) mass is 206 g/mol. The predicted molar refractivity (Wildman–Crippen MR) is 43.2 cm³/mol. The lowest BCUT2D eigenvalue weighted by Crippen LogP contribution is -2.62. The SMILES string of the molecule is O=NC1C(O)C(O)C(O)C(N=O)C1O. The number of rotatable bonds is 2. The summed E-state index contributed by atoms with van der Waals surface area (Å²) in [6.45, 7) is 0. The van der Waals surface area contributed by atoms with Crippen LogP contribution in [0.25, 0.3) is 0 Å². The fraction of sp³-hybridized carbons (Fsp3) is 1.00. The zero-order valence-electron chi connectivity index (χ0n) is 6.96. The Labute approximate surface area is 78.1 Å². The molecule has 0 heterocycles. The summed E-state index contributed by atoms with van der Waals surface area (Å²) in [4.78, 5) is 20.4. The second kappa shape index (κ2) is 4.05. The third kappa shape index (κ3) is 1.52. The minimum atomic E-state index is -1.72. The van der Waals surface area contributed by atoms with Crippen LogP contribution in [0.2, 0.25) is 0 Å². The van der Waals surface area contributed by atoms with Gasteiger partial charge >= 0.3 is 0 Å². The van der Waals surface area contributed by atoms with Gasteiger partial charge in [0.25, 0.3) is 0 Å². The lowest BCUT2D eigenvalue weighted by molar-refractivity contribution is -0.136. The van der Waals surface area contributed by atoms with E-state index in [2.05, 4.69) is 10.4 Å². The van der Waals surface area contributed by atoms with E-state index < -0.39 is 36.5 Å². The van der Waals surface area contributed by atoms with Crippen LogP contribution in [0, 0.1) is 9.81 Å². The molecule has 1 rings (SSSR count). The molecule has 0 aromatic carbocycles. The average Bonchev–Trinajstić information content (AvgIpc) is 2.16. The van der Waals surface area contributed by atoms with Gasteiger partial charge in [-0.25, -0.2) is 0 Å². The summed E-state index contributed by atoms with van der Waals surface area (Å²) in [5, 5.41) is 41.5. The fourth-order valence-corrected chi connectivity index (χ4v) is 1.46. The molecule has 1 saturated carbocycles. The summed E-state index contributed by atoms with van der Waals surface area (Å²) in [6, 6.07) is -3.12. The van der Waals surface area contributed by atoms with Crippen LogP contribution in [-0.2, 0) is 0 Å². The van der Waals surface area contributed by atoms with Crippen molar-refractivity contribution in [1.29, 1.82) is 0 Å². The Kier molecular flexibility index (Phi) is 3.21. The molecule has 4 N–H and O–H groups in total. The van der Waals surface area contributed by atoms with E-state index in [1.165, 1.54) is 0 Å². The van der Waals surface area contributed by atoms with E-state index in [0.29, 0.717) is 0 Å². The van der Waals surface area contributed by atoms with E-state index in [9.17, 15) is 25.1 Å². The molecule has 0 saturated heterocycles. The highest BCUT2D eigenvalue weighted by molar-refractivity contribution is 5.04. The summed E-state index contributed by atoms with van der Waals surface area (Å²) < 4.78 is 0. The van der Waals surface area contributed by atoms with Gasteiger partial charge in [-0.1, -0.05) is 10.4 Å². The molecule has 0 bridgehead atoms. The van der Waals surface area contributed by atoms with Crippen molar-refractivity contribution in [1.82, 2.24) is 0 Å². The van der Waals surface area contributed by atoms with Crippen LogP contribution < -0.4 is 0 Å². The molecule has 0 spiro atoms. The molecule has 0 aromatic heterocycles. The summed E-state index contributed by atoms with van der Waals surface area (Å²) in [7, 11) is 0. The van der Waals surface area contributed by atoms with Gasteiger partial charge in [0, 0.05) is 0 Å². The Hall–Kier alpha value is -0.960. The zero-order valence-corrected chi connectivity index (χ0v) is 6.96. The number of aliphatic hydroxyl groups is 4. The van der Waals surface area contributed by atoms with Crippen LogP contribution in [0.3, 0.4) is 0 Å². The Morgan fingerprint density at radius 1 is 0.643 bits per heavy atom. The first kappa shape index (κ1) is 11.1. The summed E-state index contributed by atoms with van der Waals surface area (Å²) in [6.07, 6.45) is -6.80. The zero-order chi connectivity index (χ0) is 10.9. The first-order valence-electron chi connectivity index (χ1n) is 3.91. The molecule has 4 unspecified atom stereocenters. The maximum absolute atomic E-state index is 10.2. The van der Waals surface area contributed by atoms with Crippen molar-refractivity contribution in [2.75, 3.05) is 0 Å². The summed E-state index contributed by atoms with van der Waals surface area (Å²) >= 11 is 0. The predicted octanol–water partition coefficient (Wildman–Crippen LogP) is -2.29. The van der Waals surface area contributed by atoms with Crippen LogP contribution in [0.15, 0.2) is 10.4 Å². The van der Waals surface area contributed by atoms with E-state index in [1.54, 1.807) is 0 Å². The van der Waals surface area contributed by atoms with Gasteiger partial charge in [-0.3, -0.25) is 0 Å². The minimum absolute atomic E-state index is 1.56. The van der Waals surface area contributed by atoms with Gasteiger partial charge in [-0.15, -0.1) is 0 Å². The van der Waals surface area contributed by atoms with E-state index in [0.717, 1.165) is 0 Å². The third-order valence-corrected chi connectivity index (χ3v) is 2.34. The van der Waals surface area contributed by atoms with Crippen LogP contribution in [0.1, 0.15) is 0 Å². The molecule has 0 aromatic rings. The molecule has 4 atom stereocenters. The first-order chi connectivity index (χ1) is 6.54. The number of aliphatic hydroxyl groups excluding tert-OH is 4. The van der Waals surface area contributed by atoms with E-state index >= 15 is 0 Å². The van der Waals surface area contributed by atoms with Gasteiger partial charge in [0.05, 0.1) is 0 Å². The summed E-state index contributed by atoms with van der Waals surface area (Å²) in [5.74, 6) is 0. The average molecular weight is 206 g/mol. The lowest BCUT2D eigenvalue weighted by Gasteiger charge is -2.37. The molecule has 8 nitrogen and oxygen atoms in total. The van der Waals surface area contributed by atoms with E-state index in [1.807, 2.05) is 0 Å². The highest BCUT2D eigenvalue weighted by Gasteiger charge is 2.50. The fourth-order valence-electron chi connectivity index (χ4n) is 1.46. The third-order valence-electron chi connectivity index (χ3n) is 2.34. The number of hydrogen-bond donors (Lipinski definition) is 4. The normalized spacial score (nSPS) is 48.6. The molecule has 14 heavy (non-hydrogen) atoms. The Morgan fingerprint density at radius 3 is 1.29 bits per heavy atom. The highest BCUT2D eigenvalue weighted by Crippen LogP contribution is 2.25. The molecular weight excluding hydrogens is 196 g/mol. The van der Waals surface area contributed by atoms with Crippen LogP contribution >= 0.6 is 0 Å². The van der Waals surface area contributed by atoms with Crippen LogP contribution in [-0.4, -0.2) is 56.9 Å². The smallest absolute Gasteiger partial charge is 0.148 e. The van der Waals surface area contributed by atoms with Crippen molar-refractivity contribution in [3.8, 4) is 0 Å². The molecule has 1 fully saturated rings. The van der Waals surface area contributed by atoms with Crippen molar-refractivity contribution in [2.45, 2.75) is 36.5 Å². The van der Waals surface area contributed by atoms with Gasteiger partial charge in [-0.05, 0) is 0 Å². The Balaban J connectivity index is 2.93. The second-order valence-corrected chi connectivity index (χ2v) is 3.15. The maximum atomic E-state index is 10.2. The maximum Gasteiger partial charge on any atom is 0.148 e. The van der Waals surface area contributed by atoms with E-state index in [-0.39, 0.29) is 0 Å². The number of hydrogen-bond acceptors (Lipinski definition) is 8. The number of nitrogens with zero attached hydrogens (tertiary/aromatic N) is 2. The number of nitroso groups, excluding NO2 is 2. The molecule has 0 radical (unpaired) electrons. The van der Waals surface area contributed by atoms with Gasteiger partial charge in [0.15, 0.2) is 0 Å². The topological polar surface area (TPSA) is 140 Å². The van der Waals surface area contributed by atoms with Crippen molar-refractivity contribution in [3.05, 3.63) is 9.81 Å². The lowest BCUT2D eigenvalue weighted by atomic mass is 9.82. The largest absolute Gasteiger partial charge is 0.388 e. The quantitative estimate of drug-likeness (QED) is 0.375. The molecule has 1 aliphatic rings. The van der Waals surface area contributed by atoms with Gasteiger partial charge in [0.1, 0.15) is 36.5 Å². The second-order valence-electron chi connectivity index (χ2n) is 3.15. The van der Waals surface area contributed by atoms with E-state index in [4.69, 9.17) is 5.11 Å². The van der Waals surface area contributed by atoms with Crippen molar-refractivity contribution in [2.24, 2.45) is 10.4 Å². The highest BCUT2D eigenvalue weighted by atomic mass is 16.4. The van der Waals surface area contributed by atoms with Crippen LogP contribution in [0.5, 0.6) is 0 Å². The van der Waals surface area contributed by atoms with Gasteiger partial charge in [0.2, 0.25) is 0 Å².